The van der Waals surface area contributed by atoms with Crippen LogP contribution in [0.5, 0.6) is 0 Å². The summed E-state index contributed by atoms with van der Waals surface area (Å²) in [6.07, 6.45) is 68.9. The van der Waals surface area contributed by atoms with Crippen molar-refractivity contribution in [2.75, 3.05) is 6.61 Å². The molecular weight excluding hydrogens is 1740 g/mol. The molecule has 9 saturated carbocycles. The second-order valence-corrected chi connectivity index (χ2v) is 58.1. The van der Waals surface area contributed by atoms with Crippen LogP contribution in [0.25, 0.3) is 0 Å². The second-order valence-electron chi connectivity index (χ2n) is 58.1. The highest BCUT2D eigenvalue weighted by molar-refractivity contribution is 5.96. The molecule has 3 aromatic rings. The summed E-state index contributed by atoms with van der Waals surface area (Å²) in [4.78, 5) is 92.1. The third-order valence-corrected chi connectivity index (χ3v) is 32.1. The van der Waals surface area contributed by atoms with E-state index in [0.29, 0.717) is 163 Å². The first kappa shape index (κ1) is 128. The Kier molecular flexibility index (Phi) is 57.5. The van der Waals surface area contributed by atoms with Crippen molar-refractivity contribution in [3.05, 3.63) is 96.1 Å². The first-order chi connectivity index (χ1) is 66.3. The van der Waals surface area contributed by atoms with Gasteiger partial charge in [-0.15, -0.1) is 0 Å². The predicted molar refractivity (Wildman–Crippen MR) is 604 cm³/mol. The van der Waals surface area contributed by atoms with Gasteiger partial charge in [0.25, 0.3) is 0 Å². The van der Waals surface area contributed by atoms with Gasteiger partial charge in [-0.1, -0.05) is 365 Å². The quantitative estimate of drug-likeness (QED) is 0.0565. The number of hydrogen-bond donors (Lipinski definition) is 2. The lowest BCUT2D eigenvalue weighted by molar-refractivity contribution is -0.126. The van der Waals surface area contributed by atoms with E-state index in [9.17, 15) is 33.6 Å². The zero-order chi connectivity index (χ0) is 106. The maximum Gasteiger partial charge on any atom is 0.181 e. The maximum atomic E-state index is 12.3. The summed E-state index contributed by atoms with van der Waals surface area (Å²) in [5.41, 5.74) is 12.0. The van der Waals surface area contributed by atoms with E-state index in [1.54, 1.807) is 18.6 Å². The van der Waals surface area contributed by atoms with Crippen LogP contribution in [0.3, 0.4) is 0 Å². The van der Waals surface area contributed by atoms with Crippen LogP contribution in [-0.2, 0) is 30.4 Å². The zero-order valence-corrected chi connectivity index (χ0v) is 97.6. The monoisotopic (exact) mass is 1970 g/mol. The molecule has 3 N–H and O–H groups in total. The molecular formula is C131H225N3O8. The highest BCUT2D eigenvalue weighted by atomic mass is 16.3. The van der Waals surface area contributed by atoms with Crippen LogP contribution < -0.4 is 5.73 Å². The molecule has 812 valence electrons. The lowest BCUT2D eigenvalue weighted by atomic mass is 9.71. The molecule has 9 aliphatic carbocycles. The van der Waals surface area contributed by atoms with Crippen molar-refractivity contribution in [2.45, 2.75) is 540 Å². The van der Waals surface area contributed by atoms with E-state index in [-0.39, 0.29) is 24.1 Å². The Balaban J connectivity index is 0.000000287. The van der Waals surface area contributed by atoms with Gasteiger partial charge < -0.3 is 10.8 Å². The Morgan fingerprint density at radius 1 is 0.331 bits per heavy atom. The van der Waals surface area contributed by atoms with Gasteiger partial charge in [-0.2, -0.15) is 0 Å². The predicted octanol–water partition coefficient (Wildman–Crippen LogP) is 36.6. The number of benzene rings is 1. The number of nitrogens with zero attached hydrogens (tertiary/aromatic N) is 2. The number of aliphatic hydroxyl groups is 1. The number of rotatable bonds is 32. The summed E-state index contributed by atoms with van der Waals surface area (Å²) in [7, 11) is 0. The minimum Gasteiger partial charge on any atom is -0.396 e. The molecule has 9 aliphatic rings. The molecule has 11 nitrogen and oxygen atoms in total. The fraction of sp³-hybridized carbons (Fsp3) is 0.824. The van der Waals surface area contributed by atoms with Crippen molar-refractivity contribution in [1.29, 1.82) is 0 Å². The van der Waals surface area contributed by atoms with E-state index in [0.717, 1.165) is 97.0 Å². The van der Waals surface area contributed by atoms with E-state index < -0.39 is 0 Å². The summed E-state index contributed by atoms with van der Waals surface area (Å²) < 4.78 is 0. The highest BCUT2D eigenvalue weighted by Gasteiger charge is 2.37. The molecule has 0 radical (unpaired) electrons. The van der Waals surface area contributed by atoms with Crippen molar-refractivity contribution in [2.24, 2.45) is 150 Å². The Morgan fingerprint density at radius 3 is 0.951 bits per heavy atom. The smallest absolute Gasteiger partial charge is 0.181 e. The maximum absolute atomic E-state index is 12.3. The molecule has 16 unspecified atom stereocenters. The third kappa shape index (κ3) is 61.3. The fourth-order valence-electron chi connectivity index (χ4n) is 26.7. The average Bonchev–Trinajstić information content (AvgIpc) is 0.863. The Bertz CT molecular complexity index is 3870. The molecule has 1 aromatic carbocycles. The van der Waals surface area contributed by atoms with Crippen molar-refractivity contribution < 1.29 is 38.7 Å². The number of Topliss-reactive ketones (excluding diaryl/α,β-unsaturated/α-hetero) is 7. The van der Waals surface area contributed by atoms with E-state index >= 15 is 0 Å². The van der Waals surface area contributed by atoms with Crippen LogP contribution in [0.15, 0.2) is 79.3 Å². The number of hydrogen-bond acceptors (Lipinski definition) is 11. The van der Waals surface area contributed by atoms with Crippen LogP contribution in [0.1, 0.15) is 554 Å². The average molecular weight is 1970 g/mol. The molecule has 0 spiro atoms. The van der Waals surface area contributed by atoms with Gasteiger partial charge in [-0.05, 0) is 303 Å². The molecule has 0 saturated heterocycles. The number of aromatic nitrogens is 2. The Labute approximate surface area is 875 Å². The van der Waals surface area contributed by atoms with E-state index in [1.165, 1.54) is 276 Å². The Hall–Kier alpha value is -4.87. The van der Waals surface area contributed by atoms with Crippen molar-refractivity contribution in [3.8, 4) is 0 Å². The van der Waals surface area contributed by atoms with Gasteiger partial charge in [0.05, 0.1) is 0 Å². The lowest BCUT2D eigenvalue weighted by Crippen LogP contribution is -2.29. The summed E-state index contributed by atoms with van der Waals surface area (Å²) in [6, 6.07) is 19.9. The molecule has 142 heavy (non-hydrogen) atoms. The van der Waals surface area contributed by atoms with Crippen LogP contribution in [0.4, 0.5) is 0 Å². The van der Waals surface area contributed by atoms with Gasteiger partial charge in [-0.25, -0.2) is 0 Å². The molecule has 0 bridgehead atoms. The number of aliphatic hydroxyl groups excluding tert-OH is 1. The van der Waals surface area contributed by atoms with Crippen LogP contribution >= 0.6 is 0 Å². The molecule has 16 atom stereocenters. The highest BCUT2D eigenvalue weighted by Crippen LogP contribution is 2.47. The lowest BCUT2D eigenvalue weighted by Gasteiger charge is -2.34. The molecule has 2 heterocycles. The summed E-state index contributed by atoms with van der Waals surface area (Å²) in [5, 5.41) is 8.74. The molecule has 0 aliphatic heterocycles. The van der Waals surface area contributed by atoms with Crippen LogP contribution in [0, 0.1) is 144 Å². The minimum absolute atomic E-state index is 0.142. The second kappa shape index (κ2) is 64.0. The largest absolute Gasteiger partial charge is 0.396 e. The first-order valence-corrected chi connectivity index (χ1v) is 59.2. The minimum atomic E-state index is 0.142. The third-order valence-electron chi connectivity index (χ3n) is 32.1. The van der Waals surface area contributed by atoms with Gasteiger partial charge in [0.15, 0.2) is 11.6 Å². The fourth-order valence-corrected chi connectivity index (χ4v) is 26.7. The standard InChI is InChI=1S/C20H30O.2C18H27NO.C17H30O.C16H30O2.C16H30O.C15H28O.C11H23N/c1-20(2,3)15-18-11-7-10-17(12-18)14-19(21)13-16-8-5-4-6-9-16;1-18(2,3)12-15-7-4-6-14(10-15)11-17(20)16-8-5-9-19-13-16;1-18(2,3)13-15-8-6-7-14(11-15)12-17(20)16-9-4-5-10-19-16;1-17(2,3)12-14-7-4-6-13(10-14)11-16(18)15-8-5-9-15;1-16(2,3)12-14-7-4-6-13(10-14)11-15(18)8-5-9-17;1-12(2)15(17)10-13-7-6-8-14(9-13)11-16(3,4)5;1-5-14(16)10-12-7-6-8-13(9-12)11-15(2,3)4;1-11(2,3)8-9-5-4-6-10(12)7-9/h4-6,8-9,17-18H,7,10-15H2,1-3H3;5,8-9,13-15H,4,6-7,10-12H2,1-3H3;4-5,9-10,14-15H,6-8,11-13H2,1-3H3;13-15H,4-12H2,1-3H3;13-14,17H,4-12H2,1-3H3;12-14H,6-11H2,1-5H3;12-13H,5-11H2,1-4H3;9-10H,4-8,12H2,1-3H3. The topological polar surface area (TPSA) is 192 Å². The van der Waals surface area contributed by atoms with Crippen molar-refractivity contribution in [1.82, 2.24) is 9.97 Å². The van der Waals surface area contributed by atoms with Crippen LogP contribution in [-0.4, -0.2) is 68.2 Å². The van der Waals surface area contributed by atoms with Gasteiger partial charge in [-0.3, -0.25) is 43.5 Å². The SMILES string of the molecule is CC(C)(C)CC1CCCC(CC(=O)C2CCC2)C1.CC(C)(C)CC1CCCC(CC(=O)CCCO)C1.CC(C)(C)CC1CCCC(CC(=O)Cc2ccccc2)C1.CC(C)(C)CC1CCCC(CC(=O)c2ccccn2)C1.CC(C)(C)CC1CCCC(CC(=O)c2cccnc2)C1.CC(C)(C)CC1CCCC(N)C1.CC(C)C(=O)CC1CCCC(CC(C)(C)C)C1.CCC(=O)CC1CCCC(CC(C)(C)C)C1. The van der Waals surface area contributed by atoms with E-state index in [1.807, 2.05) is 69.3 Å². The number of carbonyl (C=O) groups excluding carboxylic acids is 7. The van der Waals surface area contributed by atoms with Gasteiger partial charge in [0, 0.05) is 113 Å². The normalized spacial score (nSPS) is 25.9. The summed E-state index contributed by atoms with van der Waals surface area (Å²) in [6.45, 7) is 62.0. The molecule has 9 fully saturated rings. The molecule has 12 rings (SSSR count). The van der Waals surface area contributed by atoms with E-state index in [4.69, 9.17) is 10.8 Å². The molecule has 2 aromatic heterocycles. The number of ketones is 7. The summed E-state index contributed by atoms with van der Waals surface area (Å²) in [5.74, 6) is 14.6. The van der Waals surface area contributed by atoms with Crippen LogP contribution in [0.2, 0.25) is 0 Å². The first-order valence-electron chi connectivity index (χ1n) is 59.2. The van der Waals surface area contributed by atoms with Crippen molar-refractivity contribution in [3.63, 3.8) is 0 Å². The van der Waals surface area contributed by atoms with Gasteiger partial charge in [0.2, 0.25) is 0 Å². The van der Waals surface area contributed by atoms with E-state index in [2.05, 4.69) is 188 Å². The van der Waals surface area contributed by atoms with Gasteiger partial charge >= 0.3 is 0 Å². The summed E-state index contributed by atoms with van der Waals surface area (Å²) >= 11 is 0. The Morgan fingerprint density at radius 2 is 0.641 bits per heavy atom. The number of nitrogens with two attached hydrogens (primary N) is 1. The zero-order valence-electron chi connectivity index (χ0n) is 97.6. The molecule has 11 heteroatoms. The van der Waals surface area contributed by atoms with Gasteiger partial charge in [0.1, 0.15) is 34.6 Å². The molecule has 0 amide bonds. The number of pyridine rings is 2. The number of carbonyl (C=O) groups is 7. The van der Waals surface area contributed by atoms with Crippen molar-refractivity contribution >= 4 is 40.5 Å².